The number of hydrogen-bond donors (Lipinski definition) is 1. The van der Waals surface area contributed by atoms with Gasteiger partial charge in [0, 0.05) is 12.5 Å². The van der Waals surface area contributed by atoms with Crippen molar-refractivity contribution < 1.29 is 9.53 Å². The van der Waals surface area contributed by atoms with Gasteiger partial charge in [0.05, 0.1) is 12.2 Å². The molecule has 2 aliphatic rings. The van der Waals surface area contributed by atoms with Crippen molar-refractivity contribution in [3.63, 3.8) is 0 Å². The van der Waals surface area contributed by atoms with Crippen LogP contribution < -0.4 is 15.4 Å². The predicted molar refractivity (Wildman–Crippen MR) is 90.8 cm³/mol. The molecule has 0 bridgehead atoms. The molecule has 1 aromatic rings. The van der Waals surface area contributed by atoms with Crippen LogP contribution in [0.1, 0.15) is 38.2 Å². The van der Waals surface area contributed by atoms with E-state index in [0.29, 0.717) is 18.9 Å². The van der Waals surface area contributed by atoms with E-state index < -0.39 is 0 Å². The highest BCUT2D eigenvalue weighted by Crippen LogP contribution is 2.36. The molecular weight excluding hydrogens is 300 g/mol. The Bertz CT molecular complexity index is 549. The number of nitrogens with zero attached hydrogens (tertiary/aromatic N) is 1. The largest absolute Gasteiger partial charge is 0.487 e. The van der Waals surface area contributed by atoms with E-state index in [0.717, 1.165) is 36.3 Å². The summed E-state index contributed by atoms with van der Waals surface area (Å²) in [6.07, 6.45) is 3.86. The Morgan fingerprint density at radius 1 is 1.41 bits per heavy atom. The third kappa shape index (κ3) is 3.39. The van der Waals surface area contributed by atoms with Gasteiger partial charge in [-0.2, -0.15) is 0 Å². The second kappa shape index (κ2) is 6.88. The van der Waals surface area contributed by atoms with Crippen molar-refractivity contribution in [1.29, 1.82) is 0 Å². The van der Waals surface area contributed by atoms with Gasteiger partial charge in [-0.3, -0.25) is 4.79 Å². The van der Waals surface area contributed by atoms with Crippen LogP contribution in [0.4, 0.5) is 5.69 Å². The van der Waals surface area contributed by atoms with Gasteiger partial charge < -0.3 is 15.4 Å². The normalized spacial score (nSPS) is 26.9. The van der Waals surface area contributed by atoms with Crippen LogP contribution in [0.25, 0.3) is 0 Å². The van der Waals surface area contributed by atoms with Crippen LogP contribution in [0.2, 0.25) is 0 Å². The molecule has 22 heavy (non-hydrogen) atoms. The molecule has 1 amide bonds. The fourth-order valence-electron chi connectivity index (χ4n) is 3.44. The fraction of sp³-hybridized carbons (Fsp3) is 0.588. The molecule has 0 spiro atoms. The number of carbonyl (C=O) groups excluding carboxylic acids is 1. The zero-order valence-electron chi connectivity index (χ0n) is 13.2. The van der Waals surface area contributed by atoms with E-state index in [9.17, 15) is 4.79 Å². The Morgan fingerprint density at radius 2 is 2.18 bits per heavy atom. The lowest BCUT2D eigenvalue weighted by Gasteiger charge is -2.34. The molecule has 3 atom stereocenters. The first-order valence-corrected chi connectivity index (χ1v) is 7.88. The van der Waals surface area contributed by atoms with Crippen molar-refractivity contribution in [2.24, 2.45) is 11.7 Å². The van der Waals surface area contributed by atoms with Crippen molar-refractivity contribution in [3.8, 4) is 5.75 Å². The molecular formula is C17H25ClN2O2. The molecule has 1 unspecified atom stereocenters. The number of halogens is 1. The van der Waals surface area contributed by atoms with Crippen LogP contribution in [0, 0.1) is 12.8 Å². The monoisotopic (exact) mass is 324 g/mol. The summed E-state index contributed by atoms with van der Waals surface area (Å²) < 4.78 is 5.87. The molecule has 122 valence electrons. The number of fused-ring (bicyclic) bond motifs is 1. The predicted octanol–water partition coefficient (Wildman–Crippen LogP) is 3.05. The van der Waals surface area contributed by atoms with E-state index in [2.05, 4.69) is 0 Å². The third-order valence-corrected chi connectivity index (χ3v) is 4.63. The minimum absolute atomic E-state index is 0. The highest BCUT2D eigenvalue weighted by Gasteiger charge is 2.32. The van der Waals surface area contributed by atoms with E-state index >= 15 is 0 Å². The van der Waals surface area contributed by atoms with Crippen LogP contribution in [0.5, 0.6) is 5.75 Å². The summed E-state index contributed by atoms with van der Waals surface area (Å²) >= 11 is 0. The maximum absolute atomic E-state index is 12.7. The van der Waals surface area contributed by atoms with E-state index in [1.165, 1.54) is 0 Å². The molecule has 1 aromatic carbocycles. The first kappa shape index (κ1) is 17.1. The van der Waals surface area contributed by atoms with Gasteiger partial charge in [-0.05, 0) is 50.3 Å². The Balaban J connectivity index is 0.00000176. The fourth-order valence-corrected chi connectivity index (χ4v) is 3.44. The number of ether oxygens (including phenoxy) is 1. The highest BCUT2D eigenvalue weighted by atomic mass is 35.5. The summed E-state index contributed by atoms with van der Waals surface area (Å²) in [4.78, 5) is 14.6. The van der Waals surface area contributed by atoms with E-state index in [1.54, 1.807) is 0 Å². The summed E-state index contributed by atoms with van der Waals surface area (Å²) in [5.41, 5.74) is 8.15. The molecule has 5 heteroatoms. The summed E-state index contributed by atoms with van der Waals surface area (Å²) in [7, 11) is 0. The lowest BCUT2D eigenvalue weighted by molar-refractivity contribution is -0.120. The molecule has 0 saturated heterocycles. The van der Waals surface area contributed by atoms with Gasteiger partial charge in [-0.1, -0.05) is 12.5 Å². The average molecular weight is 325 g/mol. The Morgan fingerprint density at radius 3 is 2.86 bits per heavy atom. The number of rotatable bonds is 2. The minimum Gasteiger partial charge on any atom is -0.487 e. The number of aryl methyl sites for hydroxylation is 1. The van der Waals surface area contributed by atoms with Crippen LogP contribution in [0.15, 0.2) is 18.2 Å². The Kier molecular flexibility index (Phi) is 5.35. The van der Waals surface area contributed by atoms with Crippen molar-refractivity contribution >= 4 is 24.0 Å². The number of carbonyl (C=O) groups is 1. The molecule has 4 nitrogen and oxygen atoms in total. The molecule has 0 aromatic heterocycles. The van der Waals surface area contributed by atoms with Gasteiger partial charge in [0.1, 0.15) is 11.9 Å². The molecule has 0 radical (unpaired) electrons. The van der Waals surface area contributed by atoms with Crippen molar-refractivity contribution in [2.45, 2.75) is 51.7 Å². The summed E-state index contributed by atoms with van der Waals surface area (Å²) in [6.45, 7) is 4.66. The molecule has 1 aliphatic heterocycles. The third-order valence-electron chi connectivity index (χ3n) is 4.63. The first-order chi connectivity index (χ1) is 10.0. The van der Waals surface area contributed by atoms with Crippen molar-refractivity contribution in [1.82, 2.24) is 0 Å². The second-order valence-electron chi connectivity index (χ2n) is 6.46. The Labute approximate surface area is 138 Å². The minimum atomic E-state index is 0. The second-order valence-corrected chi connectivity index (χ2v) is 6.46. The number of benzene rings is 1. The molecule has 2 N–H and O–H groups in total. The molecule has 1 heterocycles. The highest BCUT2D eigenvalue weighted by molar-refractivity contribution is 5.95. The maximum Gasteiger partial charge on any atom is 0.227 e. The van der Waals surface area contributed by atoms with E-state index in [4.69, 9.17) is 10.5 Å². The molecule has 1 saturated carbocycles. The SMILES string of the molecule is Cc1ccc2c(c1)OC(C)CN2C(=O)C[C@@H]1CCC[C@H]1N.Cl. The standard InChI is InChI=1S/C17H24N2O2.ClH/c1-11-6-7-15-16(8-11)21-12(2)10-19(15)17(20)9-13-4-3-5-14(13)18;/h6-8,12-14H,3-5,9-10,18H2,1-2H3;1H/t12?,13-,14+;/m0./s1. The van der Waals surface area contributed by atoms with Gasteiger partial charge in [0.2, 0.25) is 5.91 Å². The quantitative estimate of drug-likeness (QED) is 0.909. The summed E-state index contributed by atoms with van der Waals surface area (Å²) in [5, 5.41) is 0. The lowest BCUT2D eigenvalue weighted by atomic mass is 9.99. The zero-order chi connectivity index (χ0) is 15.0. The van der Waals surface area contributed by atoms with Gasteiger partial charge in [-0.15, -0.1) is 12.4 Å². The average Bonchev–Trinajstić information content (AvgIpc) is 2.82. The zero-order valence-corrected chi connectivity index (χ0v) is 14.1. The topological polar surface area (TPSA) is 55.6 Å². The first-order valence-electron chi connectivity index (χ1n) is 7.88. The van der Waals surface area contributed by atoms with Crippen LogP contribution in [-0.4, -0.2) is 24.6 Å². The van der Waals surface area contributed by atoms with Crippen LogP contribution >= 0.6 is 12.4 Å². The Hall–Kier alpha value is -1.26. The summed E-state index contributed by atoms with van der Waals surface area (Å²) in [5.74, 6) is 1.33. The van der Waals surface area contributed by atoms with Crippen molar-refractivity contribution in [3.05, 3.63) is 23.8 Å². The lowest BCUT2D eigenvalue weighted by Crippen LogP contribution is -2.43. The van der Waals surface area contributed by atoms with E-state index in [1.807, 2.05) is 36.9 Å². The summed E-state index contributed by atoms with van der Waals surface area (Å²) in [6, 6.07) is 6.21. The van der Waals surface area contributed by atoms with Gasteiger partial charge in [0.15, 0.2) is 0 Å². The smallest absolute Gasteiger partial charge is 0.227 e. The van der Waals surface area contributed by atoms with Gasteiger partial charge in [-0.25, -0.2) is 0 Å². The van der Waals surface area contributed by atoms with Gasteiger partial charge >= 0.3 is 0 Å². The molecule has 1 fully saturated rings. The number of amides is 1. The van der Waals surface area contributed by atoms with E-state index in [-0.39, 0.29) is 30.5 Å². The molecule has 3 rings (SSSR count). The van der Waals surface area contributed by atoms with Crippen LogP contribution in [0.3, 0.4) is 0 Å². The number of anilines is 1. The number of nitrogens with two attached hydrogens (primary N) is 1. The van der Waals surface area contributed by atoms with Crippen molar-refractivity contribution in [2.75, 3.05) is 11.4 Å². The van der Waals surface area contributed by atoms with Crippen LogP contribution in [-0.2, 0) is 4.79 Å². The molecule has 1 aliphatic carbocycles. The number of hydrogen-bond acceptors (Lipinski definition) is 3. The van der Waals surface area contributed by atoms with Gasteiger partial charge in [0.25, 0.3) is 0 Å². The maximum atomic E-state index is 12.7.